The summed E-state index contributed by atoms with van der Waals surface area (Å²) in [5.74, 6) is -0.357. The van der Waals surface area contributed by atoms with E-state index in [4.69, 9.17) is 4.74 Å². The van der Waals surface area contributed by atoms with Crippen LogP contribution in [0.15, 0.2) is 61.1 Å². The summed E-state index contributed by atoms with van der Waals surface area (Å²) in [6, 6.07) is 14.1. The quantitative estimate of drug-likeness (QED) is 0.511. The molecule has 0 amide bonds. The molecule has 27 heavy (non-hydrogen) atoms. The average Bonchev–Trinajstić information content (AvgIpc) is 3.27. The predicted molar refractivity (Wildman–Crippen MR) is 103 cm³/mol. The smallest absolute Gasteiger partial charge is 0.357 e. The van der Waals surface area contributed by atoms with Gasteiger partial charge in [-0.05, 0) is 48.2 Å². The number of carbonyl (C=O) groups excluding carboxylic acids is 1. The van der Waals surface area contributed by atoms with E-state index in [2.05, 4.69) is 34.5 Å². The van der Waals surface area contributed by atoms with E-state index in [9.17, 15) is 4.79 Å². The maximum absolute atomic E-state index is 12.2. The molecule has 4 rings (SSSR count). The lowest BCUT2D eigenvalue weighted by atomic mass is 10.0. The van der Waals surface area contributed by atoms with Gasteiger partial charge in [-0.3, -0.25) is 4.68 Å². The number of ether oxygens (including phenoxy) is 1. The Morgan fingerprint density at radius 1 is 1.11 bits per heavy atom. The zero-order valence-corrected chi connectivity index (χ0v) is 15.3. The lowest BCUT2D eigenvalue weighted by Crippen LogP contribution is -2.09. The molecule has 0 aliphatic heterocycles. The number of benzene rings is 1. The van der Waals surface area contributed by atoms with E-state index in [1.54, 1.807) is 22.3 Å². The van der Waals surface area contributed by atoms with Crippen LogP contribution in [0.1, 0.15) is 28.5 Å². The minimum Gasteiger partial charge on any atom is -0.461 e. The van der Waals surface area contributed by atoms with Crippen molar-refractivity contribution < 1.29 is 9.53 Å². The molecule has 0 N–H and O–H groups in total. The highest BCUT2D eigenvalue weighted by molar-refractivity contribution is 5.90. The molecule has 0 fully saturated rings. The van der Waals surface area contributed by atoms with Crippen LogP contribution in [0.4, 0.5) is 0 Å². The van der Waals surface area contributed by atoms with Crippen LogP contribution in [0.5, 0.6) is 0 Å². The summed E-state index contributed by atoms with van der Waals surface area (Å²) in [4.78, 5) is 12.2. The van der Waals surface area contributed by atoms with Crippen molar-refractivity contribution in [2.45, 2.75) is 13.3 Å². The summed E-state index contributed by atoms with van der Waals surface area (Å²) < 4.78 is 8.60. The summed E-state index contributed by atoms with van der Waals surface area (Å²) in [6.45, 7) is 2.13. The largest absolute Gasteiger partial charge is 0.461 e. The van der Waals surface area contributed by atoms with Gasteiger partial charge in [0.05, 0.1) is 18.3 Å². The number of aromatic nitrogens is 4. The van der Waals surface area contributed by atoms with Gasteiger partial charge in [0.2, 0.25) is 0 Å². The summed E-state index contributed by atoms with van der Waals surface area (Å²) >= 11 is 0. The van der Waals surface area contributed by atoms with Crippen LogP contribution in [-0.4, -0.2) is 32.0 Å². The first-order valence-electron chi connectivity index (χ1n) is 8.86. The minimum absolute atomic E-state index is 0.337. The SMILES string of the molecule is CCOC(=O)c1cc(Cc2ccc(-c3cnn(C)c3)cc2)c2cccnn12. The summed E-state index contributed by atoms with van der Waals surface area (Å²) in [7, 11) is 1.91. The Balaban J connectivity index is 1.64. The first-order valence-corrected chi connectivity index (χ1v) is 8.86. The third-order valence-corrected chi connectivity index (χ3v) is 4.49. The molecule has 0 aliphatic rings. The van der Waals surface area contributed by atoms with Crippen molar-refractivity contribution >= 4 is 11.5 Å². The molecule has 6 nitrogen and oxygen atoms in total. The van der Waals surface area contributed by atoms with Gasteiger partial charge in [0.25, 0.3) is 0 Å². The van der Waals surface area contributed by atoms with E-state index >= 15 is 0 Å². The van der Waals surface area contributed by atoms with Crippen LogP contribution in [-0.2, 0) is 18.2 Å². The Morgan fingerprint density at radius 3 is 2.63 bits per heavy atom. The second-order valence-electron chi connectivity index (χ2n) is 6.37. The Morgan fingerprint density at radius 2 is 1.93 bits per heavy atom. The Labute approximate surface area is 157 Å². The molecule has 3 heterocycles. The molecule has 136 valence electrons. The molecule has 0 spiro atoms. The number of rotatable bonds is 5. The van der Waals surface area contributed by atoms with Gasteiger partial charge >= 0.3 is 5.97 Å². The number of carbonyl (C=O) groups is 1. The second-order valence-corrected chi connectivity index (χ2v) is 6.37. The van der Waals surface area contributed by atoms with Crippen LogP contribution < -0.4 is 0 Å². The van der Waals surface area contributed by atoms with Gasteiger partial charge in [-0.2, -0.15) is 10.2 Å². The van der Waals surface area contributed by atoms with E-state index in [1.165, 1.54) is 0 Å². The van der Waals surface area contributed by atoms with Gasteiger partial charge < -0.3 is 4.74 Å². The Bertz CT molecular complexity index is 1090. The molecule has 0 radical (unpaired) electrons. The molecular weight excluding hydrogens is 340 g/mol. The van der Waals surface area contributed by atoms with Crippen molar-refractivity contribution in [3.63, 3.8) is 0 Å². The van der Waals surface area contributed by atoms with Gasteiger partial charge in [0.1, 0.15) is 0 Å². The molecule has 0 saturated heterocycles. The summed E-state index contributed by atoms with van der Waals surface area (Å²) in [6.07, 6.45) is 6.23. The Hall–Kier alpha value is -3.41. The van der Waals surface area contributed by atoms with Crippen LogP contribution in [0.3, 0.4) is 0 Å². The number of nitrogens with zero attached hydrogens (tertiary/aromatic N) is 4. The highest BCUT2D eigenvalue weighted by Gasteiger charge is 2.17. The number of aryl methyl sites for hydroxylation is 1. The fourth-order valence-electron chi connectivity index (χ4n) is 3.20. The van der Waals surface area contributed by atoms with E-state index in [1.807, 2.05) is 37.6 Å². The van der Waals surface area contributed by atoms with Crippen LogP contribution in [0.25, 0.3) is 16.6 Å². The number of hydrogen-bond acceptors (Lipinski definition) is 4. The van der Waals surface area contributed by atoms with Crippen LogP contribution >= 0.6 is 0 Å². The van der Waals surface area contributed by atoms with Crippen molar-refractivity contribution in [1.82, 2.24) is 19.4 Å². The molecule has 6 heteroatoms. The standard InChI is InChI=1S/C21H20N4O2/c1-3-27-21(26)20-12-17(19-5-4-10-22-25(19)20)11-15-6-8-16(9-7-15)18-13-23-24(2)14-18/h4-10,12-14H,3,11H2,1-2H3. The molecule has 0 bridgehead atoms. The lowest BCUT2D eigenvalue weighted by molar-refractivity contribution is 0.0517. The molecule has 4 aromatic rings. The van der Waals surface area contributed by atoms with Crippen molar-refractivity contribution in [3.05, 3.63) is 77.9 Å². The van der Waals surface area contributed by atoms with E-state index < -0.39 is 0 Å². The van der Waals surface area contributed by atoms with Crippen molar-refractivity contribution in [2.75, 3.05) is 6.61 Å². The van der Waals surface area contributed by atoms with Crippen molar-refractivity contribution in [2.24, 2.45) is 7.05 Å². The molecular formula is C21H20N4O2. The van der Waals surface area contributed by atoms with Crippen LogP contribution in [0.2, 0.25) is 0 Å². The average molecular weight is 360 g/mol. The fraction of sp³-hybridized carbons (Fsp3) is 0.190. The fourth-order valence-corrected chi connectivity index (χ4v) is 3.20. The summed E-state index contributed by atoms with van der Waals surface area (Å²) in [5, 5.41) is 8.52. The lowest BCUT2D eigenvalue weighted by Gasteiger charge is -2.03. The number of hydrogen-bond donors (Lipinski definition) is 0. The third-order valence-electron chi connectivity index (χ3n) is 4.49. The van der Waals surface area contributed by atoms with Gasteiger partial charge in [-0.25, -0.2) is 9.31 Å². The van der Waals surface area contributed by atoms with Crippen molar-refractivity contribution in [1.29, 1.82) is 0 Å². The maximum Gasteiger partial charge on any atom is 0.357 e. The first-order chi connectivity index (χ1) is 13.2. The third kappa shape index (κ3) is 3.33. The topological polar surface area (TPSA) is 61.4 Å². The zero-order valence-electron chi connectivity index (χ0n) is 15.3. The van der Waals surface area contributed by atoms with Crippen molar-refractivity contribution in [3.8, 4) is 11.1 Å². The molecule has 0 atom stereocenters. The van der Waals surface area contributed by atoms with Gasteiger partial charge in [0.15, 0.2) is 5.69 Å². The van der Waals surface area contributed by atoms with Gasteiger partial charge in [-0.1, -0.05) is 24.3 Å². The molecule has 0 unspecified atom stereocenters. The van der Waals surface area contributed by atoms with Crippen LogP contribution in [0, 0.1) is 0 Å². The molecule has 1 aromatic carbocycles. The molecule has 0 aliphatic carbocycles. The Kier molecular flexibility index (Phi) is 4.46. The summed E-state index contributed by atoms with van der Waals surface area (Å²) in [5.41, 5.74) is 5.79. The van der Waals surface area contributed by atoms with E-state index in [0.29, 0.717) is 18.7 Å². The van der Waals surface area contributed by atoms with E-state index in [0.717, 1.165) is 27.8 Å². The molecule has 3 aromatic heterocycles. The number of fused-ring (bicyclic) bond motifs is 1. The molecule has 0 saturated carbocycles. The number of esters is 1. The highest BCUT2D eigenvalue weighted by Crippen LogP contribution is 2.23. The van der Waals surface area contributed by atoms with Gasteiger partial charge in [0, 0.05) is 25.0 Å². The monoisotopic (exact) mass is 360 g/mol. The normalized spacial score (nSPS) is 11.0. The zero-order chi connectivity index (χ0) is 18.8. The van der Waals surface area contributed by atoms with Gasteiger partial charge in [-0.15, -0.1) is 0 Å². The minimum atomic E-state index is -0.357. The predicted octanol–water partition coefficient (Wildman–Crippen LogP) is 3.50. The highest BCUT2D eigenvalue weighted by atomic mass is 16.5. The second kappa shape index (κ2) is 7.07. The first kappa shape index (κ1) is 17.0. The maximum atomic E-state index is 12.2. The van der Waals surface area contributed by atoms with E-state index in [-0.39, 0.29) is 5.97 Å².